The van der Waals surface area contributed by atoms with Crippen LogP contribution in [-0.2, 0) is 24.3 Å². The molecule has 0 atom stereocenters. The number of para-hydroxylation sites is 1. The van der Waals surface area contributed by atoms with Crippen LogP contribution in [0.3, 0.4) is 0 Å². The zero-order valence-electron chi connectivity index (χ0n) is 18.2. The van der Waals surface area contributed by atoms with Gasteiger partial charge in [-0.2, -0.15) is 0 Å². The van der Waals surface area contributed by atoms with E-state index < -0.39 is 0 Å². The fourth-order valence-electron chi connectivity index (χ4n) is 4.41. The summed E-state index contributed by atoms with van der Waals surface area (Å²) in [5.41, 5.74) is 6.28. The Kier molecular flexibility index (Phi) is 6.36. The Morgan fingerprint density at radius 3 is 2.66 bits per heavy atom. The first kappa shape index (κ1) is 21.0. The molecule has 0 radical (unpaired) electrons. The molecule has 3 heterocycles. The maximum absolute atomic E-state index is 12.8. The molecule has 32 heavy (non-hydrogen) atoms. The molecule has 2 aliphatic rings. The van der Waals surface area contributed by atoms with E-state index in [-0.39, 0.29) is 5.91 Å². The molecule has 0 saturated carbocycles. The van der Waals surface area contributed by atoms with E-state index in [1.165, 1.54) is 22.6 Å². The van der Waals surface area contributed by atoms with Gasteiger partial charge >= 0.3 is 0 Å². The van der Waals surface area contributed by atoms with E-state index in [1.54, 1.807) is 5.51 Å². The number of nitrogens with zero attached hydrogens (tertiary/aromatic N) is 4. The lowest BCUT2D eigenvalue weighted by Gasteiger charge is -2.36. The number of aromatic nitrogens is 1. The Bertz CT molecular complexity index is 1030. The fourth-order valence-corrected chi connectivity index (χ4v) is 4.97. The van der Waals surface area contributed by atoms with Gasteiger partial charge in [-0.25, -0.2) is 4.98 Å². The standard InChI is InChI=1S/C25H28N4O2S/c30-25(15-22-18-32-19-26-22)29-12-13-31-24-7-6-20(14-21(24)17-29)16-27-8-10-28(11-9-27)23-4-2-1-3-5-23/h1-7,14,18-19H,8-13,15-17H2. The highest BCUT2D eigenvalue weighted by Crippen LogP contribution is 2.26. The van der Waals surface area contributed by atoms with E-state index in [0.717, 1.165) is 49.7 Å². The molecule has 1 fully saturated rings. The molecule has 1 aromatic heterocycles. The molecule has 166 valence electrons. The number of carbonyl (C=O) groups is 1. The molecule has 0 bridgehead atoms. The van der Waals surface area contributed by atoms with Crippen LogP contribution in [0.2, 0.25) is 0 Å². The molecule has 2 aromatic carbocycles. The first-order valence-corrected chi connectivity index (χ1v) is 12.1. The predicted molar refractivity (Wildman–Crippen MR) is 127 cm³/mol. The molecule has 7 heteroatoms. The smallest absolute Gasteiger partial charge is 0.229 e. The highest BCUT2D eigenvalue weighted by molar-refractivity contribution is 7.07. The molecular weight excluding hydrogens is 420 g/mol. The third-order valence-electron chi connectivity index (χ3n) is 6.17. The minimum Gasteiger partial charge on any atom is -0.491 e. The van der Waals surface area contributed by atoms with Gasteiger partial charge in [-0.1, -0.05) is 24.3 Å². The summed E-state index contributed by atoms with van der Waals surface area (Å²) >= 11 is 1.52. The Morgan fingerprint density at radius 1 is 1.03 bits per heavy atom. The van der Waals surface area contributed by atoms with Crippen molar-refractivity contribution in [2.24, 2.45) is 0 Å². The van der Waals surface area contributed by atoms with Crippen molar-refractivity contribution >= 4 is 22.9 Å². The number of thiazole rings is 1. The van der Waals surface area contributed by atoms with E-state index in [0.29, 0.717) is 26.1 Å². The molecule has 0 aliphatic carbocycles. The number of benzene rings is 2. The zero-order valence-corrected chi connectivity index (χ0v) is 19.0. The lowest BCUT2D eigenvalue weighted by atomic mass is 10.1. The monoisotopic (exact) mass is 448 g/mol. The third kappa shape index (κ3) is 4.95. The SMILES string of the molecule is O=C(Cc1cscn1)N1CCOc2ccc(CN3CCN(c4ccccc4)CC3)cc2C1. The van der Waals surface area contributed by atoms with Gasteiger partial charge in [0.1, 0.15) is 12.4 Å². The fraction of sp³-hybridized carbons (Fsp3) is 0.360. The number of piperazine rings is 1. The van der Waals surface area contributed by atoms with E-state index in [4.69, 9.17) is 4.74 Å². The normalized spacial score (nSPS) is 16.9. The number of ether oxygens (including phenoxy) is 1. The Labute approximate surface area is 193 Å². The molecule has 1 saturated heterocycles. The van der Waals surface area contributed by atoms with Crippen molar-refractivity contribution in [3.8, 4) is 5.75 Å². The maximum Gasteiger partial charge on any atom is 0.229 e. The second-order valence-electron chi connectivity index (χ2n) is 8.36. The largest absolute Gasteiger partial charge is 0.491 e. The molecule has 0 N–H and O–H groups in total. The van der Waals surface area contributed by atoms with Crippen LogP contribution >= 0.6 is 11.3 Å². The van der Waals surface area contributed by atoms with Crippen molar-refractivity contribution in [2.75, 3.05) is 44.2 Å². The number of amides is 1. The van der Waals surface area contributed by atoms with Crippen LogP contribution in [0.5, 0.6) is 5.75 Å². The van der Waals surface area contributed by atoms with Crippen LogP contribution in [0.4, 0.5) is 5.69 Å². The third-order valence-corrected chi connectivity index (χ3v) is 6.81. The van der Waals surface area contributed by atoms with Crippen LogP contribution in [-0.4, -0.2) is 60.0 Å². The molecule has 6 nitrogen and oxygen atoms in total. The summed E-state index contributed by atoms with van der Waals surface area (Å²) in [6.07, 6.45) is 0.351. The van der Waals surface area contributed by atoms with Crippen molar-refractivity contribution < 1.29 is 9.53 Å². The minimum absolute atomic E-state index is 0.106. The van der Waals surface area contributed by atoms with Gasteiger partial charge in [0, 0.05) is 55.9 Å². The molecule has 5 rings (SSSR count). The number of carbonyl (C=O) groups excluding carboxylic acids is 1. The predicted octanol–water partition coefficient (Wildman–Crippen LogP) is 3.43. The van der Waals surface area contributed by atoms with Gasteiger partial charge in [0.05, 0.1) is 24.2 Å². The van der Waals surface area contributed by atoms with Crippen LogP contribution < -0.4 is 9.64 Å². The average Bonchev–Trinajstić information content (AvgIpc) is 3.24. The molecule has 3 aromatic rings. The van der Waals surface area contributed by atoms with Crippen LogP contribution in [0, 0.1) is 0 Å². The summed E-state index contributed by atoms with van der Waals surface area (Å²) in [6, 6.07) is 17.1. The summed E-state index contributed by atoms with van der Waals surface area (Å²) in [6.45, 7) is 6.80. The average molecular weight is 449 g/mol. The number of hydrogen-bond donors (Lipinski definition) is 0. The van der Waals surface area contributed by atoms with Gasteiger partial charge in [-0.05, 0) is 29.8 Å². The second-order valence-corrected chi connectivity index (χ2v) is 9.08. The number of anilines is 1. The molecule has 2 aliphatic heterocycles. The summed E-state index contributed by atoms with van der Waals surface area (Å²) in [5.74, 6) is 1.00. The quantitative estimate of drug-likeness (QED) is 0.599. The molecule has 0 spiro atoms. The Morgan fingerprint density at radius 2 is 1.88 bits per heavy atom. The first-order chi connectivity index (χ1) is 15.7. The lowest BCUT2D eigenvalue weighted by molar-refractivity contribution is -0.131. The van der Waals surface area contributed by atoms with Gasteiger partial charge in [-0.15, -0.1) is 11.3 Å². The van der Waals surface area contributed by atoms with Gasteiger partial charge in [0.15, 0.2) is 0 Å². The highest BCUT2D eigenvalue weighted by Gasteiger charge is 2.22. The van der Waals surface area contributed by atoms with E-state index in [2.05, 4.69) is 63.3 Å². The summed E-state index contributed by atoms with van der Waals surface area (Å²) < 4.78 is 5.94. The summed E-state index contributed by atoms with van der Waals surface area (Å²) in [4.78, 5) is 23.9. The Balaban J connectivity index is 1.21. The number of rotatable bonds is 5. The minimum atomic E-state index is 0.106. The van der Waals surface area contributed by atoms with Crippen molar-refractivity contribution in [1.82, 2.24) is 14.8 Å². The Hall–Kier alpha value is -2.90. The highest BCUT2D eigenvalue weighted by atomic mass is 32.1. The van der Waals surface area contributed by atoms with Crippen LogP contribution in [0.15, 0.2) is 59.4 Å². The number of hydrogen-bond acceptors (Lipinski definition) is 6. The van der Waals surface area contributed by atoms with Crippen molar-refractivity contribution in [3.05, 3.63) is 76.2 Å². The van der Waals surface area contributed by atoms with E-state index in [9.17, 15) is 4.79 Å². The van der Waals surface area contributed by atoms with E-state index in [1.807, 2.05) is 10.3 Å². The molecular formula is C25H28N4O2S. The van der Waals surface area contributed by atoms with Crippen molar-refractivity contribution in [1.29, 1.82) is 0 Å². The van der Waals surface area contributed by atoms with E-state index >= 15 is 0 Å². The first-order valence-electron chi connectivity index (χ1n) is 11.2. The number of fused-ring (bicyclic) bond motifs is 1. The summed E-state index contributed by atoms with van der Waals surface area (Å²) in [7, 11) is 0. The topological polar surface area (TPSA) is 48.9 Å². The second kappa shape index (κ2) is 9.71. The van der Waals surface area contributed by atoms with Gasteiger partial charge in [0.25, 0.3) is 0 Å². The van der Waals surface area contributed by atoms with Crippen LogP contribution in [0.25, 0.3) is 0 Å². The van der Waals surface area contributed by atoms with Crippen molar-refractivity contribution in [3.63, 3.8) is 0 Å². The maximum atomic E-state index is 12.8. The van der Waals surface area contributed by atoms with Gasteiger partial charge in [0.2, 0.25) is 5.91 Å². The molecule has 0 unspecified atom stereocenters. The van der Waals surface area contributed by atoms with Gasteiger partial charge < -0.3 is 14.5 Å². The van der Waals surface area contributed by atoms with Crippen LogP contribution in [0.1, 0.15) is 16.8 Å². The van der Waals surface area contributed by atoms with Gasteiger partial charge in [-0.3, -0.25) is 9.69 Å². The lowest BCUT2D eigenvalue weighted by Crippen LogP contribution is -2.45. The van der Waals surface area contributed by atoms with Crippen molar-refractivity contribution in [2.45, 2.75) is 19.5 Å². The zero-order chi connectivity index (χ0) is 21.8. The molecule has 1 amide bonds. The summed E-state index contributed by atoms with van der Waals surface area (Å²) in [5, 5.41) is 1.94.